The van der Waals surface area contributed by atoms with E-state index in [9.17, 15) is 10.0 Å². The molecule has 0 aromatic heterocycles. The number of rotatable bonds is 1. The summed E-state index contributed by atoms with van der Waals surface area (Å²) >= 11 is 0. The minimum Gasteiger partial charge on any atom is -0.427 e. The molecule has 0 heterocycles. The Bertz CT molecular complexity index is 203. The van der Waals surface area contributed by atoms with Crippen molar-refractivity contribution >= 4 is 7.12 Å². The first kappa shape index (κ1) is 9.29. The molecule has 0 aromatic rings. The molecule has 2 aliphatic rings. The predicted molar refractivity (Wildman–Crippen MR) is 53.1 cm³/mol. The summed E-state index contributed by atoms with van der Waals surface area (Å²) in [6, 6.07) is 0. The first-order valence-electron chi connectivity index (χ1n) is 5.32. The SMILES string of the molecule is OB(O)C1C=CCC2CCCCC21. The second-order valence-electron chi connectivity index (χ2n) is 4.36. The Morgan fingerprint density at radius 2 is 1.92 bits per heavy atom. The molecule has 3 heteroatoms. The topological polar surface area (TPSA) is 40.5 Å². The standard InChI is InChI=1S/C10H17BO2/c12-11(13)10-7-3-5-8-4-1-2-6-9(8)10/h3,7-10,12-13H,1-2,4-6H2. The van der Waals surface area contributed by atoms with E-state index in [1.165, 1.54) is 25.7 Å². The summed E-state index contributed by atoms with van der Waals surface area (Å²) in [4.78, 5) is 0. The number of fused-ring (bicyclic) bond motifs is 1. The van der Waals surface area contributed by atoms with Crippen molar-refractivity contribution in [2.24, 2.45) is 11.8 Å². The minimum atomic E-state index is -1.15. The zero-order valence-corrected chi connectivity index (χ0v) is 7.89. The molecule has 0 amide bonds. The Labute approximate surface area is 79.8 Å². The van der Waals surface area contributed by atoms with Crippen molar-refractivity contribution < 1.29 is 10.0 Å². The molecule has 0 saturated heterocycles. The van der Waals surface area contributed by atoms with Gasteiger partial charge in [-0.3, -0.25) is 0 Å². The van der Waals surface area contributed by atoms with Crippen LogP contribution in [0, 0.1) is 11.8 Å². The van der Waals surface area contributed by atoms with Gasteiger partial charge in [-0.05, 0) is 24.7 Å². The van der Waals surface area contributed by atoms with Crippen molar-refractivity contribution in [1.82, 2.24) is 0 Å². The second kappa shape index (κ2) is 3.85. The highest BCUT2D eigenvalue weighted by molar-refractivity contribution is 6.44. The van der Waals surface area contributed by atoms with Crippen LogP contribution in [-0.2, 0) is 0 Å². The lowest BCUT2D eigenvalue weighted by atomic mass is 9.56. The Morgan fingerprint density at radius 1 is 1.15 bits per heavy atom. The molecule has 0 bridgehead atoms. The molecular weight excluding hydrogens is 163 g/mol. The van der Waals surface area contributed by atoms with Crippen molar-refractivity contribution in [3.8, 4) is 0 Å². The van der Waals surface area contributed by atoms with Gasteiger partial charge < -0.3 is 10.0 Å². The summed E-state index contributed by atoms with van der Waals surface area (Å²) in [6.45, 7) is 0. The van der Waals surface area contributed by atoms with Gasteiger partial charge in [0.05, 0.1) is 0 Å². The van der Waals surface area contributed by atoms with Gasteiger partial charge >= 0.3 is 7.12 Å². The largest absolute Gasteiger partial charge is 0.459 e. The lowest BCUT2D eigenvalue weighted by Gasteiger charge is -2.38. The monoisotopic (exact) mass is 180 g/mol. The zero-order valence-electron chi connectivity index (χ0n) is 7.89. The quantitative estimate of drug-likeness (QED) is 0.475. The maximum Gasteiger partial charge on any atom is 0.459 e. The van der Waals surface area contributed by atoms with Crippen molar-refractivity contribution in [2.45, 2.75) is 37.9 Å². The van der Waals surface area contributed by atoms with E-state index in [1.54, 1.807) is 0 Å². The lowest BCUT2D eigenvalue weighted by molar-refractivity contribution is 0.212. The van der Waals surface area contributed by atoms with Crippen LogP contribution in [0.5, 0.6) is 0 Å². The highest BCUT2D eigenvalue weighted by atomic mass is 16.4. The molecule has 2 aliphatic carbocycles. The van der Waals surface area contributed by atoms with Crippen LogP contribution in [-0.4, -0.2) is 17.2 Å². The Kier molecular flexibility index (Phi) is 2.75. The van der Waals surface area contributed by atoms with Gasteiger partial charge in [-0.2, -0.15) is 0 Å². The lowest BCUT2D eigenvalue weighted by Crippen LogP contribution is -2.34. The van der Waals surface area contributed by atoms with Gasteiger partial charge in [-0.25, -0.2) is 0 Å². The van der Waals surface area contributed by atoms with E-state index in [2.05, 4.69) is 6.08 Å². The van der Waals surface area contributed by atoms with E-state index in [4.69, 9.17) is 0 Å². The predicted octanol–water partition coefficient (Wildman–Crippen LogP) is 1.60. The molecule has 0 spiro atoms. The molecule has 1 saturated carbocycles. The minimum absolute atomic E-state index is 0.000880. The smallest absolute Gasteiger partial charge is 0.427 e. The van der Waals surface area contributed by atoms with Crippen LogP contribution in [0.15, 0.2) is 12.2 Å². The van der Waals surface area contributed by atoms with E-state index in [-0.39, 0.29) is 5.82 Å². The summed E-state index contributed by atoms with van der Waals surface area (Å²) in [5, 5.41) is 18.4. The Morgan fingerprint density at radius 3 is 2.69 bits per heavy atom. The summed E-state index contributed by atoms with van der Waals surface area (Å²) in [5.41, 5.74) is 0. The first-order chi connectivity index (χ1) is 6.29. The summed E-state index contributed by atoms with van der Waals surface area (Å²) in [7, 11) is -1.15. The van der Waals surface area contributed by atoms with Crippen molar-refractivity contribution in [1.29, 1.82) is 0 Å². The highest BCUT2D eigenvalue weighted by Gasteiger charge is 2.37. The molecule has 2 N–H and O–H groups in total. The van der Waals surface area contributed by atoms with E-state index in [1.807, 2.05) is 6.08 Å². The van der Waals surface area contributed by atoms with Gasteiger partial charge in [-0.1, -0.05) is 31.4 Å². The fraction of sp³-hybridized carbons (Fsp3) is 0.800. The molecule has 13 heavy (non-hydrogen) atoms. The van der Waals surface area contributed by atoms with Crippen LogP contribution in [0.25, 0.3) is 0 Å². The fourth-order valence-corrected chi connectivity index (χ4v) is 2.91. The molecular formula is C10H17BO2. The molecule has 72 valence electrons. The van der Waals surface area contributed by atoms with Crippen molar-refractivity contribution in [3.05, 3.63) is 12.2 Å². The molecule has 0 aliphatic heterocycles. The summed E-state index contributed by atoms with van der Waals surface area (Å²) < 4.78 is 0. The van der Waals surface area contributed by atoms with Gasteiger partial charge in [0.25, 0.3) is 0 Å². The van der Waals surface area contributed by atoms with Crippen LogP contribution < -0.4 is 0 Å². The average molecular weight is 180 g/mol. The molecule has 2 nitrogen and oxygen atoms in total. The molecule has 0 radical (unpaired) electrons. The Hall–Kier alpha value is -0.275. The van der Waals surface area contributed by atoms with Gasteiger partial charge in [0.1, 0.15) is 0 Å². The van der Waals surface area contributed by atoms with Crippen LogP contribution in [0.3, 0.4) is 0 Å². The van der Waals surface area contributed by atoms with E-state index < -0.39 is 7.12 Å². The van der Waals surface area contributed by atoms with Crippen LogP contribution in [0.1, 0.15) is 32.1 Å². The molecule has 2 rings (SSSR count). The average Bonchev–Trinajstić information content (AvgIpc) is 2.17. The maximum atomic E-state index is 9.22. The van der Waals surface area contributed by atoms with Gasteiger partial charge in [0, 0.05) is 5.82 Å². The van der Waals surface area contributed by atoms with Crippen LogP contribution in [0.4, 0.5) is 0 Å². The third kappa shape index (κ3) is 1.81. The van der Waals surface area contributed by atoms with Gasteiger partial charge in [0.2, 0.25) is 0 Å². The van der Waals surface area contributed by atoms with Gasteiger partial charge in [-0.15, -0.1) is 0 Å². The molecule has 3 unspecified atom stereocenters. The molecule has 3 atom stereocenters. The molecule has 0 aromatic carbocycles. The van der Waals surface area contributed by atoms with Gasteiger partial charge in [0.15, 0.2) is 0 Å². The number of hydrogen-bond donors (Lipinski definition) is 2. The second-order valence-corrected chi connectivity index (χ2v) is 4.36. The maximum absolute atomic E-state index is 9.22. The van der Waals surface area contributed by atoms with Crippen molar-refractivity contribution in [2.75, 3.05) is 0 Å². The zero-order chi connectivity index (χ0) is 9.26. The molecule has 1 fully saturated rings. The van der Waals surface area contributed by atoms with E-state index in [0.717, 1.165) is 6.42 Å². The first-order valence-corrected chi connectivity index (χ1v) is 5.32. The third-order valence-electron chi connectivity index (χ3n) is 3.60. The highest BCUT2D eigenvalue weighted by Crippen LogP contribution is 2.44. The third-order valence-corrected chi connectivity index (χ3v) is 3.60. The van der Waals surface area contributed by atoms with E-state index in [0.29, 0.717) is 11.8 Å². The van der Waals surface area contributed by atoms with Crippen LogP contribution >= 0.6 is 0 Å². The number of hydrogen-bond acceptors (Lipinski definition) is 2. The normalized spacial score (nSPS) is 38.5. The van der Waals surface area contributed by atoms with E-state index >= 15 is 0 Å². The Balaban J connectivity index is 2.10. The summed E-state index contributed by atoms with van der Waals surface area (Å²) in [6.07, 6.45) is 10.3. The fourth-order valence-electron chi connectivity index (χ4n) is 2.91. The van der Waals surface area contributed by atoms with Crippen molar-refractivity contribution in [3.63, 3.8) is 0 Å². The number of allylic oxidation sites excluding steroid dienone is 2. The van der Waals surface area contributed by atoms with Crippen LogP contribution in [0.2, 0.25) is 5.82 Å². The summed E-state index contributed by atoms with van der Waals surface area (Å²) in [5.74, 6) is 1.24.